The van der Waals surface area contributed by atoms with Crippen LogP contribution in [0.15, 0.2) is 59.6 Å². The predicted molar refractivity (Wildman–Crippen MR) is 136 cm³/mol. The molecule has 1 amide bonds. The monoisotopic (exact) mass is 536 g/mol. The zero-order chi connectivity index (χ0) is 21.2. The van der Waals surface area contributed by atoms with E-state index in [1.165, 1.54) is 5.56 Å². The van der Waals surface area contributed by atoms with E-state index in [0.717, 1.165) is 37.5 Å². The number of halogens is 1. The first-order valence-corrected chi connectivity index (χ1v) is 10.7. The van der Waals surface area contributed by atoms with Crippen LogP contribution in [0.25, 0.3) is 0 Å². The normalized spacial score (nSPS) is 16.8. The summed E-state index contributed by atoms with van der Waals surface area (Å²) in [5, 5.41) is 9.70. The van der Waals surface area contributed by atoms with Gasteiger partial charge in [0.1, 0.15) is 0 Å². The number of nitrogens with zero attached hydrogens (tertiary/aromatic N) is 1. The summed E-state index contributed by atoms with van der Waals surface area (Å²) in [4.78, 5) is 17.2. The van der Waals surface area contributed by atoms with Crippen LogP contribution in [0.1, 0.15) is 54.2 Å². The van der Waals surface area contributed by atoms with Gasteiger partial charge in [0.2, 0.25) is 0 Å². The third-order valence-corrected chi connectivity index (χ3v) is 5.12. The van der Waals surface area contributed by atoms with Gasteiger partial charge in [0, 0.05) is 25.3 Å². The molecule has 7 heteroatoms. The molecule has 0 bridgehead atoms. The van der Waals surface area contributed by atoms with Gasteiger partial charge in [0.05, 0.1) is 18.7 Å². The molecule has 31 heavy (non-hydrogen) atoms. The van der Waals surface area contributed by atoms with Gasteiger partial charge in [-0.2, -0.15) is 0 Å². The SMILES string of the molecule is CCNC(=NCc1cccc(C(=O)NCC2CCCO2)c1)NC(C)c1ccccc1.I. The second kappa shape index (κ2) is 13.3. The van der Waals surface area contributed by atoms with E-state index in [-0.39, 0.29) is 42.0 Å². The molecular formula is C24H33IN4O2. The summed E-state index contributed by atoms with van der Waals surface area (Å²) in [5.74, 6) is 0.682. The smallest absolute Gasteiger partial charge is 0.251 e. The van der Waals surface area contributed by atoms with Crippen LogP contribution < -0.4 is 16.0 Å². The van der Waals surface area contributed by atoms with Crippen molar-refractivity contribution in [1.29, 1.82) is 0 Å². The molecule has 2 aromatic rings. The first-order chi connectivity index (χ1) is 14.7. The summed E-state index contributed by atoms with van der Waals surface area (Å²) in [6, 6.07) is 18.0. The van der Waals surface area contributed by atoms with Gasteiger partial charge in [-0.1, -0.05) is 42.5 Å². The first kappa shape index (κ1) is 25.1. The summed E-state index contributed by atoms with van der Waals surface area (Å²) in [5.41, 5.74) is 2.84. The van der Waals surface area contributed by atoms with Gasteiger partial charge in [-0.15, -0.1) is 24.0 Å². The highest BCUT2D eigenvalue weighted by atomic mass is 127. The Kier molecular flexibility index (Phi) is 10.8. The summed E-state index contributed by atoms with van der Waals surface area (Å²) >= 11 is 0. The minimum Gasteiger partial charge on any atom is -0.376 e. The molecule has 0 radical (unpaired) electrons. The van der Waals surface area contributed by atoms with Crippen LogP contribution >= 0.6 is 24.0 Å². The van der Waals surface area contributed by atoms with Crippen LogP contribution in [-0.4, -0.2) is 37.7 Å². The van der Waals surface area contributed by atoms with Crippen molar-refractivity contribution in [3.8, 4) is 0 Å². The third-order valence-electron chi connectivity index (χ3n) is 5.12. The van der Waals surface area contributed by atoms with Gasteiger partial charge in [-0.3, -0.25) is 4.79 Å². The molecule has 1 fully saturated rings. The Morgan fingerprint density at radius 2 is 1.97 bits per heavy atom. The Balaban J connectivity index is 0.00000341. The van der Waals surface area contributed by atoms with Crippen molar-refractivity contribution in [3.05, 3.63) is 71.3 Å². The molecule has 0 saturated carbocycles. The average molecular weight is 536 g/mol. The van der Waals surface area contributed by atoms with E-state index >= 15 is 0 Å². The lowest BCUT2D eigenvalue weighted by molar-refractivity contribution is 0.0857. The van der Waals surface area contributed by atoms with Gasteiger partial charge >= 0.3 is 0 Å². The second-order valence-corrected chi connectivity index (χ2v) is 7.52. The number of aliphatic imine (C=N–C) groups is 1. The highest BCUT2D eigenvalue weighted by Gasteiger charge is 2.16. The van der Waals surface area contributed by atoms with Crippen LogP contribution in [0.4, 0.5) is 0 Å². The molecular weight excluding hydrogens is 503 g/mol. The van der Waals surface area contributed by atoms with Crippen molar-refractivity contribution >= 4 is 35.8 Å². The van der Waals surface area contributed by atoms with Crippen LogP contribution in [0.2, 0.25) is 0 Å². The second-order valence-electron chi connectivity index (χ2n) is 7.52. The number of hydrogen-bond donors (Lipinski definition) is 3. The lowest BCUT2D eigenvalue weighted by Gasteiger charge is -2.18. The lowest BCUT2D eigenvalue weighted by Crippen LogP contribution is -2.38. The fraction of sp³-hybridized carbons (Fsp3) is 0.417. The van der Waals surface area contributed by atoms with E-state index < -0.39 is 0 Å². The van der Waals surface area contributed by atoms with Crippen LogP contribution in [0.3, 0.4) is 0 Å². The topological polar surface area (TPSA) is 74.8 Å². The van der Waals surface area contributed by atoms with E-state index in [2.05, 4.69) is 35.0 Å². The molecule has 1 aliphatic heterocycles. The maximum Gasteiger partial charge on any atom is 0.251 e. The van der Waals surface area contributed by atoms with Crippen molar-refractivity contribution in [2.75, 3.05) is 19.7 Å². The summed E-state index contributed by atoms with van der Waals surface area (Å²) < 4.78 is 5.57. The molecule has 3 N–H and O–H groups in total. The van der Waals surface area contributed by atoms with Crippen molar-refractivity contribution in [2.24, 2.45) is 4.99 Å². The maximum absolute atomic E-state index is 12.5. The number of hydrogen-bond acceptors (Lipinski definition) is 3. The molecule has 3 rings (SSSR count). The molecule has 1 saturated heterocycles. The summed E-state index contributed by atoms with van der Waals surface area (Å²) in [6.45, 7) is 6.78. The van der Waals surface area contributed by atoms with Crippen molar-refractivity contribution in [3.63, 3.8) is 0 Å². The first-order valence-electron chi connectivity index (χ1n) is 10.7. The number of guanidine groups is 1. The number of nitrogens with one attached hydrogen (secondary N) is 3. The van der Waals surface area contributed by atoms with Crippen molar-refractivity contribution < 1.29 is 9.53 Å². The zero-order valence-corrected chi connectivity index (χ0v) is 20.6. The Hall–Kier alpha value is -2.13. The highest BCUT2D eigenvalue weighted by Crippen LogP contribution is 2.13. The fourth-order valence-corrected chi connectivity index (χ4v) is 3.45. The van der Waals surface area contributed by atoms with Crippen LogP contribution in [-0.2, 0) is 11.3 Å². The largest absolute Gasteiger partial charge is 0.376 e. The molecule has 1 aliphatic rings. The molecule has 1 heterocycles. The van der Waals surface area contributed by atoms with Gasteiger partial charge in [-0.25, -0.2) is 4.99 Å². The van der Waals surface area contributed by atoms with E-state index in [0.29, 0.717) is 18.7 Å². The van der Waals surface area contributed by atoms with Gasteiger partial charge in [-0.05, 0) is 49.9 Å². The van der Waals surface area contributed by atoms with E-state index in [9.17, 15) is 4.79 Å². The number of carbonyl (C=O) groups excluding carboxylic acids is 1. The Morgan fingerprint density at radius 3 is 2.68 bits per heavy atom. The summed E-state index contributed by atoms with van der Waals surface area (Å²) in [6.07, 6.45) is 2.22. The third kappa shape index (κ3) is 8.14. The molecule has 2 atom stereocenters. The van der Waals surface area contributed by atoms with Gasteiger partial charge < -0.3 is 20.7 Å². The molecule has 168 valence electrons. The summed E-state index contributed by atoms with van der Waals surface area (Å²) in [7, 11) is 0. The Morgan fingerprint density at radius 1 is 1.16 bits per heavy atom. The predicted octanol–water partition coefficient (Wildman–Crippen LogP) is 4.03. The minimum atomic E-state index is -0.0703. The Labute approximate surface area is 202 Å². The van der Waals surface area contributed by atoms with Gasteiger partial charge in [0.25, 0.3) is 5.91 Å². The molecule has 6 nitrogen and oxygen atoms in total. The number of benzene rings is 2. The fourth-order valence-electron chi connectivity index (χ4n) is 3.45. The number of carbonyl (C=O) groups is 1. The average Bonchev–Trinajstić information content (AvgIpc) is 3.30. The van der Waals surface area contributed by atoms with Gasteiger partial charge in [0.15, 0.2) is 5.96 Å². The molecule has 0 spiro atoms. The minimum absolute atomic E-state index is 0. The number of rotatable bonds is 8. The number of ether oxygens (including phenoxy) is 1. The van der Waals surface area contributed by atoms with Crippen molar-refractivity contribution in [1.82, 2.24) is 16.0 Å². The molecule has 0 aromatic heterocycles. The Bertz CT molecular complexity index is 838. The molecule has 2 aromatic carbocycles. The van der Waals surface area contributed by atoms with E-state index in [4.69, 9.17) is 9.73 Å². The molecule has 2 unspecified atom stereocenters. The van der Waals surface area contributed by atoms with Crippen LogP contribution in [0, 0.1) is 0 Å². The zero-order valence-electron chi connectivity index (χ0n) is 18.3. The van der Waals surface area contributed by atoms with Crippen molar-refractivity contribution in [2.45, 2.75) is 45.4 Å². The quantitative estimate of drug-likeness (QED) is 0.271. The lowest BCUT2D eigenvalue weighted by atomic mass is 10.1. The molecule has 0 aliphatic carbocycles. The van der Waals surface area contributed by atoms with E-state index in [1.807, 2.05) is 49.4 Å². The highest BCUT2D eigenvalue weighted by molar-refractivity contribution is 14.0. The maximum atomic E-state index is 12.5. The van der Waals surface area contributed by atoms with E-state index in [1.54, 1.807) is 0 Å². The van der Waals surface area contributed by atoms with Crippen LogP contribution in [0.5, 0.6) is 0 Å². The standard InChI is InChI=1S/C24H32N4O2.HI/c1-3-25-24(28-18(2)20-10-5-4-6-11-20)27-16-19-9-7-12-21(15-19)23(29)26-17-22-13-8-14-30-22;/h4-7,9-12,15,18,22H,3,8,13-14,16-17H2,1-2H3,(H,26,29)(H2,25,27,28);1H. The number of amides is 1.